The Balaban J connectivity index is 1.46. The van der Waals surface area contributed by atoms with E-state index >= 15 is 0 Å². The van der Waals surface area contributed by atoms with E-state index in [-0.39, 0.29) is 35.3 Å². The highest BCUT2D eigenvalue weighted by Crippen LogP contribution is 2.23. The number of carbonyl (C=O) groups excluding carboxylic acids is 1. The SMILES string of the molecule is Cc1cc(C)n2nc(SCC(=O)N(C[C@H]3CCCO3)[C@@H]3CCS(=O)(=O)C3)nc2n1. The second-order valence-corrected chi connectivity index (χ2v) is 10.8. The van der Waals surface area contributed by atoms with Gasteiger partial charge < -0.3 is 9.64 Å². The monoisotopic (exact) mass is 439 g/mol. The number of ether oxygens (including phenoxy) is 1. The van der Waals surface area contributed by atoms with Crippen molar-refractivity contribution in [2.45, 2.75) is 50.4 Å². The summed E-state index contributed by atoms with van der Waals surface area (Å²) >= 11 is 1.25. The van der Waals surface area contributed by atoms with Crippen molar-refractivity contribution < 1.29 is 17.9 Å². The van der Waals surface area contributed by atoms with Gasteiger partial charge >= 0.3 is 0 Å². The van der Waals surface area contributed by atoms with Crippen molar-refractivity contribution in [3.05, 3.63) is 17.5 Å². The summed E-state index contributed by atoms with van der Waals surface area (Å²) < 4.78 is 31.2. The first-order chi connectivity index (χ1) is 13.8. The molecule has 2 aliphatic heterocycles. The average molecular weight is 440 g/mol. The first-order valence-corrected chi connectivity index (χ1v) is 12.6. The number of hydrogen-bond acceptors (Lipinski definition) is 8. The van der Waals surface area contributed by atoms with E-state index in [4.69, 9.17) is 4.74 Å². The largest absolute Gasteiger partial charge is 0.376 e. The van der Waals surface area contributed by atoms with E-state index in [1.807, 2.05) is 19.9 Å². The van der Waals surface area contributed by atoms with Crippen molar-refractivity contribution in [3.8, 4) is 0 Å². The fraction of sp³-hybridized carbons (Fsp3) is 0.667. The quantitative estimate of drug-likeness (QED) is 0.614. The number of thioether (sulfide) groups is 1. The predicted molar refractivity (Wildman–Crippen MR) is 109 cm³/mol. The van der Waals surface area contributed by atoms with Crippen molar-refractivity contribution in [1.29, 1.82) is 0 Å². The van der Waals surface area contributed by atoms with Crippen LogP contribution in [0.3, 0.4) is 0 Å². The lowest BCUT2D eigenvalue weighted by atomic mass is 10.1. The molecule has 0 N–H and O–H groups in total. The van der Waals surface area contributed by atoms with Crippen LogP contribution in [0.25, 0.3) is 5.78 Å². The van der Waals surface area contributed by atoms with Gasteiger partial charge in [-0.3, -0.25) is 4.79 Å². The first kappa shape index (κ1) is 20.5. The second kappa shape index (κ2) is 8.19. The summed E-state index contributed by atoms with van der Waals surface area (Å²) in [6, 6.07) is 1.64. The molecule has 2 saturated heterocycles. The molecule has 2 atom stereocenters. The minimum atomic E-state index is -3.08. The summed E-state index contributed by atoms with van der Waals surface area (Å²) in [6.45, 7) is 4.97. The van der Waals surface area contributed by atoms with Crippen molar-refractivity contribution in [2.24, 2.45) is 0 Å². The number of sulfone groups is 1. The molecule has 2 aliphatic rings. The summed E-state index contributed by atoms with van der Waals surface area (Å²) in [5.41, 5.74) is 1.79. The van der Waals surface area contributed by atoms with Gasteiger partial charge in [-0.15, -0.1) is 5.10 Å². The molecule has 11 heteroatoms. The molecule has 2 aromatic rings. The van der Waals surface area contributed by atoms with Gasteiger partial charge in [-0.2, -0.15) is 4.98 Å². The van der Waals surface area contributed by atoms with Crippen LogP contribution in [-0.4, -0.2) is 81.4 Å². The van der Waals surface area contributed by atoms with E-state index in [1.54, 1.807) is 9.42 Å². The van der Waals surface area contributed by atoms with E-state index in [0.29, 0.717) is 30.5 Å². The third-order valence-electron chi connectivity index (χ3n) is 5.32. The lowest BCUT2D eigenvalue weighted by Gasteiger charge is -2.30. The number of amides is 1. The van der Waals surface area contributed by atoms with E-state index in [1.165, 1.54) is 11.8 Å². The van der Waals surface area contributed by atoms with Crippen molar-refractivity contribution in [2.75, 3.05) is 30.4 Å². The molecule has 0 spiro atoms. The van der Waals surface area contributed by atoms with Gasteiger partial charge in [0.05, 0.1) is 23.4 Å². The summed E-state index contributed by atoms with van der Waals surface area (Å²) in [6.07, 6.45) is 2.34. The van der Waals surface area contributed by atoms with Crippen LogP contribution in [0.1, 0.15) is 30.7 Å². The third kappa shape index (κ3) is 4.72. The molecule has 158 valence electrons. The molecular weight excluding hydrogens is 414 g/mol. The Morgan fingerprint density at radius 3 is 2.86 bits per heavy atom. The molecule has 2 fully saturated rings. The van der Waals surface area contributed by atoms with Gasteiger partial charge in [0.15, 0.2) is 9.84 Å². The number of hydrogen-bond donors (Lipinski definition) is 0. The van der Waals surface area contributed by atoms with Crippen LogP contribution >= 0.6 is 11.8 Å². The molecule has 0 bridgehead atoms. The average Bonchev–Trinajstić information content (AvgIpc) is 3.37. The summed E-state index contributed by atoms with van der Waals surface area (Å²) in [5, 5.41) is 4.91. The molecule has 4 rings (SSSR count). The second-order valence-electron chi connectivity index (χ2n) is 7.67. The molecule has 0 saturated carbocycles. The lowest BCUT2D eigenvalue weighted by Crippen LogP contribution is -2.46. The van der Waals surface area contributed by atoms with E-state index in [2.05, 4.69) is 15.1 Å². The topological polar surface area (TPSA) is 107 Å². The number of nitrogens with zero attached hydrogens (tertiary/aromatic N) is 5. The fourth-order valence-electron chi connectivity index (χ4n) is 3.90. The van der Waals surface area contributed by atoms with Crippen LogP contribution in [0.2, 0.25) is 0 Å². The number of aryl methyl sites for hydroxylation is 2. The van der Waals surface area contributed by atoms with Crippen LogP contribution in [0.5, 0.6) is 0 Å². The fourth-order valence-corrected chi connectivity index (χ4v) is 6.34. The zero-order valence-corrected chi connectivity index (χ0v) is 18.2. The Morgan fingerprint density at radius 1 is 1.34 bits per heavy atom. The van der Waals surface area contributed by atoms with Crippen LogP contribution in [0, 0.1) is 13.8 Å². The molecule has 9 nitrogen and oxygen atoms in total. The minimum absolute atomic E-state index is 0.0182. The number of fused-ring (bicyclic) bond motifs is 1. The van der Waals surface area contributed by atoms with Crippen LogP contribution < -0.4 is 0 Å². The molecule has 2 aromatic heterocycles. The van der Waals surface area contributed by atoms with Gasteiger partial charge in [0.2, 0.25) is 11.1 Å². The van der Waals surface area contributed by atoms with Gasteiger partial charge in [0.25, 0.3) is 5.78 Å². The normalized spacial score (nSPS) is 23.7. The number of rotatable bonds is 6. The lowest BCUT2D eigenvalue weighted by molar-refractivity contribution is -0.131. The Hall–Kier alpha value is -1.72. The van der Waals surface area contributed by atoms with Gasteiger partial charge in [0.1, 0.15) is 0 Å². The number of carbonyl (C=O) groups is 1. The van der Waals surface area contributed by atoms with Crippen molar-refractivity contribution >= 4 is 33.3 Å². The maximum absolute atomic E-state index is 13.0. The first-order valence-electron chi connectivity index (χ1n) is 9.76. The van der Waals surface area contributed by atoms with E-state index in [0.717, 1.165) is 24.2 Å². The predicted octanol–water partition coefficient (Wildman–Crippen LogP) is 1.03. The smallest absolute Gasteiger partial charge is 0.253 e. The molecule has 0 aliphatic carbocycles. The maximum Gasteiger partial charge on any atom is 0.253 e. The van der Waals surface area contributed by atoms with Crippen LogP contribution in [0.15, 0.2) is 11.2 Å². The summed E-state index contributed by atoms with van der Waals surface area (Å²) in [4.78, 5) is 23.5. The van der Waals surface area contributed by atoms with Crippen molar-refractivity contribution in [1.82, 2.24) is 24.5 Å². The highest BCUT2D eigenvalue weighted by atomic mass is 32.2. The molecule has 29 heavy (non-hydrogen) atoms. The highest BCUT2D eigenvalue weighted by Gasteiger charge is 2.36. The molecule has 1 amide bonds. The van der Waals surface area contributed by atoms with Crippen LogP contribution in [-0.2, 0) is 19.4 Å². The van der Waals surface area contributed by atoms with E-state index in [9.17, 15) is 13.2 Å². The molecule has 4 heterocycles. The Morgan fingerprint density at radius 2 is 2.17 bits per heavy atom. The van der Waals surface area contributed by atoms with E-state index < -0.39 is 9.84 Å². The van der Waals surface area contributed by atoms with Crippen molar-refractivity contribution in [3.63, 3.8) is 0 Å². The number of aromatic nitrogens is 4. The highest BCUT2D eigenvalue weighted by molar-refractivity contribution is 7.99. The maximum atomic E-state index is 13.0. The van der Waals surface area contributed by atoms with Gasteiger partial charge in [-0.1, -0.05) is 11.8 Å². The van der Waals surface area contributed by atoms with Gasteiger partial charge in [-0.25, -0.2) is 17.9 Å². The Labute approximate surface area is 174 Å². The minimum Gasteiger partial charge on any atom is -0.376 e. The standard InChI is InChI=1S/C18H25N5O4S2/c1-12-8-13(2)23-17(19-12)20-18(21-23)28-10-16(24)22(9-15-4-3-6-27-15)14-5-7-29(25,26)11-14/h8,14-15H,3-7,9-11H2,1-2H3/t14-,15-/m1/s1. The summed E-state index contributed by atoms with van der Waals surface area (Å²) in [7, 11) is -3.08. The van der Waals surface area contributed by atoms with Crippen LogP contribution in [0.4, 0.5) is 0 Å². The molecular formula is C18H25N5O4S2. The zero-order chi connectivity index (χ0) is 20.6. The van der Waals surface area contributed by atoms with Gasteiger partial charge in [-0.05, 0) is 39.2 Å². The van der Waals surface area contributed by atoms with Gasteiger partial charge in [0, 0.05) is 30.6 Å². The Bertz CT molecular complexity index is 1020. The summed E-state index contributed by atoms with van der Waals surface area (Å²) in [5.74, 6) is 0.727. The third-order valence-corrected chi connectivity index (χ3v) is 7.89. The molecule has 0 unspecified atom stereocenters. The Kier molecular flexibility index (Phi) is 5.80. The molecule has 0 aromatic carbocycles. The zero-order valence-electron chi connectivity index (χ0n) is 16.6. The molecule has 0 radical (unpaired) electrons.